The maximum Gasteiger partial charge on any atom is 0.416 e. The number of nitrogens with one attached hydrogen (secondary N) is 2. The number of amides is 1. The van der Waals surface area contributed by atoms with E-state index in [-0.39, 0.29) is 10.8 Å². The van der Waals surface area contributed by atoms with E-state index in [9.17, 15) is 18.0 Å². The zero-order valence-electron chi connectivity index (χ0n) is 16.0. The van der Waals surface area contributed by atoms with Crippen LogP contribution < -0.4 is 15.5 Å². The molecule has 1 amide bonds. The second-order valence-electron chi connectivity index (χ2n) is 7.05. The highest BCUT2D eigenvalue weighted by Crippen LogP contribution is 2.36. The zero-order valence-corrected chi connectivity index (χ0v) is 16.8. The number of benzene rings is 2. The molecule has 0 bridgehead atoms. The third kappa shape index (κ3) is 5.47. The summed E-state index contributed by atoms with van der Waals surface area (Å²) in [6.45, 7) is 3.44. The number of anilines is 2. The predicted molar refractivity (Wildman–Crippen MR) is 112 cm³/mol. The normalized spacial score (nSPS) is 14.4. The number of thiocarbonyl (C=S) groups is 1. The summed E-state index contributed by atoms with van der Waals surface area (Å²) in [5, 5.41) is 5.28. The third-order valence-electron chi connectivity index (χ3n) is 4.81. The van der Waals surface area contributed by atoms with Crippen molar-refractivity contribution in [1.29, 1.82) is 0 Å². The number of carbonyl (C=O) groups excluding carboxylic acids is 1. The number of hydrogen-bond donors (Lipinski definition) is 2. The summed E-state index contributed by atoms with van der Waals surface area (Å²) in [6.07, 6.45) is -1.40. The van der Waals surface area contributed by atoms with Crippen molar-refractivity contribution in [2.75, 3.05) is 23.3 Å². The van der Waals surface area contributed by atoms with Crippen LogP contribution in [0.3, 0.4) is 0 Å². The highest BCUT2D eigenvalue weighted by Gasteiger charge is 2.31. The fourth-order valence-electron chi connectivity index (χ4n) is 3.26. The zero-order chi connectivity index (χ0) is 21.0. The number of aryl methyl sites for hydroxylation is 1. The summed E-state index contributed by atoms with van der Waals surface area (Å²) in [6, 6.07) is 10.5. The van der Waals surface area contributed by atoms with Crippen LogP contribution in [0.5, 0.6) is 0 Å². The number of hydrogen-bond acceptors (Lipinski definition) is 3. The van der Waals surface area contributed by atoms with Gasteiger partial charge in [-0.3, -0.25) is 10.1 Å². The van der Waals surface area contributed by atoms with Crippen LogP contribution in [-0.2, 0) is 6.18 Å². The molecule has 1 fully saturated rings. The quantitative estimate of drug-likeness (QED) is 0.675. The molecule has 8 heteroatoms. The van der Waals surface area contributed by atoms with Gasteiger partial charge in [-0.2, -0.15) is 13.2 Å². The van der Waals surface area contributed by atoms with Gasteiger partial charge in [0, 0.05) is 18.7 Å². The Morgan fingerprint density at radius 1 is 1.03 bits per heavy atom. The lowest BCUT2D eigenvalue weighted by atomic mass is 10.1. The first-order valence-electron chi connectivity index (χ1n) is 9.39. The van der Waals surface area contributed by atoms with Gasteiger partial charge in [0.2, 0.25) is 0 Å². The van der Waals surface area contributed by atoms with Gasteiger partial charge in [0.25, 0.3) is 5.91 Å². The van der Waals surface area contributed by atoms with Gasteiger partial charge >= 0.3 is 6.18 Å². The number of rotatable bonds is 3. The molecule has 0 saturated carbocycles. The number of piperidine rings is 1. The molecule has 154 valence electrons. The number of carbonyl (C=O) groups is 1. The Balaban J connectivity index is 1.80. The maximum atomic E-state index is 13.2. The van der Waals surface area contributed by atoms with Gasteiger partial charge in [0.05, 0.1) is 16.9 Å². The number of halogens is 3. The van der Waals surface area contributed by atoms with Crippen LogP contribution in [0, 0.1) is 6.92 Å². The minimum Gasteiger partial charge on any atom is -0.370 e. The second kappa shape index (κ2) is 8.82. The first kappa shape index (κ1) is 21.1. The number of nitrogens with zero attached hydrogens (tertiary/aromatic N) is 1. The average molecular weight is 421 g/mol. The second-order valence-corrected chi connectivity index (χ2v) is 7.46. The van der Waals surface area contributed by atoms with E-state index in [0.29, 0.717) is 11.3 Å². The van der Waals surface area contributed by atoms with Crippen LogP contribution in [0.2, 0.25) is 0 Å². The SMILES string of the molecule is Cc1ccc(C(=O)NC(=S)Nc2cc(C(F)(F)F)ccc2N2CCCCC2)cc1. The van der Waals surface area contributed by atoms with Gasteiger partial charge in [0.15, 0.2) is 5.11 Å². The standard InChI is InChI=1S/C21H22F3N3OS/c1-14-5-7-15(8-6-14)19(28)26-20(29)25-17-13-16(21(22,23)24)9-10-18(17)27-11-3-2-4-12-27/h5-10,13H,2-4,11-12H2,1H3,(H2,25,26,28,29). The molecular formula is C21H22F3N3OS. The molecule has 2 aromatic rings. The van der Waals surface area contributed by atoms with Crippen LogP contribution in [-0.4, -0.2) is 24.1 Å². The van der Waals surface area contributed by atoms with Crippen LogP contribution in [0.1, 0.15) is 40.7 Å². The van der Waals surface area contributed by atoms with Crippen molar-refractivity contribution in [3.8, 4) is 0 Å². The highest BCUT2D eigenvalue weighted by atomic mass is 32.1. The molecule has 0 aromatic heterocycles. The topological polar surface area (TPSA) is 44.4 Å². The van der Waals surface area contributed by atoms with Crippen LogP contribution in [0.25, 0.3) is 0 Å². The van der Waals surface area contributed by atoms with E-state index < -0.39 is 17.6 Å². The fourth-order valence-corrected chi connectivity index (χ4v) is 3.46. The van der Waals surface area contributed by atoms with E-state index in [1.165, 1.54) is 6.07 Å². The van der Waals surface area contributed by atoms with Gasteiger partial charge < -0.3 is 10.2 Å². The average Bonchev–Trinajstić information content (AvgIpc) is 2.68. The van der Waals surface area contributed by atoms with Gasteiger partial charge in [-0.1, -0.05) is 17.7 Å². The summed E-state index contributed by atoms with van der Waals surface area (Å²) < 4.78 is 39.6. The Morgan fingerprint density at radius 3 is 2.31 bits per heavy atom. The largest absolute Gasteiger partial charge is 0.416 e. The first-order chi connectivity index (χ1) is 13.7. The van der Waals surface area contributed by atoms with Crippen LogP contribution >= 0.6 is 12.2 Å². The molecule has 1 aliphatic heterocycles. The lowest BCUT2D eigenvalue weighted by Gasteiger charge is -2.31. The predicted octanol–water partition coefficient (Wildman–Crippen LogP) is 5.13. The minimum absolute atomic E-state index is 0.0480. The molecule has 1 saturated heterocycles. The van der Waals surface area contributed by atoms with Crippen LogP contribution in [0.15, 0.2) is 42.5 Å². The molecule has 0 spiro atoms. The molecule has 2 aromatic carbocycles. The van der Waals surface area contributed by atoms with Crippen molar-refractivity contribution >= 4 is 34.6 Å². The molecule has 1 heterocycles. The summed E-state index contributed by atoms with van der Waals surface area (Å²) in [4.78, 5) is 14.4. The van der Waals surface area contributed by atoms with Crippen molar-refractivity contribution in [2.45, 2.75) is 32.4 Å². The maximum absolute atomic E-state index is 13.2. The van der Waals surface area contributed by atoms with E-state index >= 15 is 0 Å². The molecular weight excluding hydrogens is 399 g/mol. The summed E-state index contributed by atoms with van der Waals surface area (Å²) >= 11 is 5.19. The van der Waals surface area contributed by atoms with E-state index in [4.69, 9.17) is 12.2 Å². The Hall–Kier alpha value is -2.61. The Kier molecular flexibility index (Phi) is 6.42. The van der Waals surface area contributed by atoms with E-state index in [0.717, 1.165) is 50.0 Å². The Labute approximate surface area is 173 Å². The van der Waals surface area contributed by atoms with Crippen molar-refractivity contribution in [3.63, 3.8) is 0 Å². The fraction of sp³-hybridized carbons (Fsp3) is 0.333. The molecule has 0 radical (unpaired) electrons. The van der Waals surface area contributed by atoms with Gasteiger partial charge in [-0.25, -0.2) is 0 Å². The highest BCUT2D eigenvalue weighted by molar-refractivity contribution is 7.80. The molecule has 1 aliphatic rings. The Bertz CT molecular complexity index is 891. The van der Waals surface area contributed by atoms with Gasteiger partial charge in [-0.05, 0) is 68.7 Å². The lowest BCUT2D eigenvalue weighted by molar-refractivity contribution is -0.137. The first-order valence-corrected chi connectivity index (χ1v) is 9.80. The minimum atomic E-state index is -4.47. The smallest absolute Gasteiger partial charge is 0.370 e. The Morgan fingerprint density at radius 2 is 1.69 bits per heavy atom. The molecule has 29 heavy (non-hydrogen) atoms. The van der Waals surface area contributed by atoms with E-state index in [1.807, 2.05) is 11.8 Å². The molecule has 0 unspecified atom stereocenters. The molecule has 2 N–H and O–H groups in total. The van der Waals surface area contributed by atoms with Crippen molar-refractivity contribution in [3.05, 3.63) is 59.2 Å². The summed E-state index contributed by atoms with van der Waals surface area (Å²) in [7, 11) is 0. The monoisotopic (exact) mass is 421 g/mol. The van der Waals surface area contributed by atoms with E-state index in [1.54, 1.807) is 24.3 Å². The van der Waals surface area contributed by atoms with E-state index in [2.05, 4.69) is 10.6 Å². The molecule has 4 nitrogen and oxygen atoms in total. The summed E-state index contributed by atoms with van der Waals surface area (Å²) in [5.74, 6) is -0.422. The van der Waals surface area contributed by atoms with Gasteiger partial charge in [-0.15, -0.1) is 0 Å². The molecule has 0 atom stereocenters. The molecule has 3 rings (SSSR count). The summed E-state index contributed by atoms with van der Waals surface area (Å²) in [5.41, 5.74) is 1.53. The number of alkyl halides is 3. The van der Waals surface area contributed by atoms with Crippen molar-refractivity contribution in [2.24, 2.45) is 0 Å². The van der Waals surface area contributed by atoms with Crippen molar-refractivity contribution < 1.29 is 18.0 Å². The van der Waals surface area contributed by atoms with Crippen molar-refractivity contribution in [1.82, 2.24) is 5.32 Å². The lowest BCUT2D eigenvalue weighted by Crippen LogP contribution is -2.35. The third-order valence-corrected chi connectivity index (χ3v) is 5.01. The molecule has 0 aliphatic carbocycles. The van der Waals surface area contributed by atoms with Gasteiger partial charge in [0.1, 0.15) is 0 Å². The van der Waals surface area contributed by atoms with Crippen LogP contribution in [0.4, 0.5) is 24.5 Å².